The van der Waals surface area contributed by atoms with Gasteiger partial charge in [0, 0.05) is 29.9 Å². The first-order valence-electron chi connectivity index (χ1n) is 8.73. The molecule has 0 saturated carbocycles. The number of thiazole rings is 1. The zero-order valence-corrected chi connectivity index (χ0v) is 15.5. The van der Waals surface area contributed by atoms with Crippen LogP contribution in [0.25, 0.3) is 10.6 Å². The van der Waals surface area contributed by atoms with Gasteiger partial charge in [0.15, 0.2) is 0 Å². The molecular formula is C19H25NO4S. The number of rotatable bonds is 6. The lowest BCUT2D eigenvalue weighted by Crippen LogP contribution is -2.21. The van der Waals surface area contributed by atoms with Crippen molar-refractivity contribution in [1.29, 1.82) is 0 Å². The molecule has 6 heteroatoms. The number of carbonyl (C=O) groups is 1. The monoisotopic (exact) mass is 363 g/mol. The van der Waals surface area contributed by atoms with E-state index in [0.29, 0.717) is 25.9 Å². The van der Waals surface area contributed by atoms with Crippen LogP contribution >= 0.6 is 11.3 Å². The van der Waals surface area contributed by atoms with Gasteiger partial charge in [0.2, 0.25) is 0 Å². The van der Waals surface area contributed by atoms with Crippen LogP contribution in [0.5, 0.6) is 5.75 Å². The van der Waals surface area contributed by atoms with Gasteiger partial charge in [-0.15, -0.1) is 11.3 Å². The third-order valence-corrected chi connectivity index (χ3v) is 5.17. The van der Waals surface area contributed by atoms with Gasteiger partial charge < -0.3 is 14.9 Å². The van der Waals surface area contributed by atoms with Crippen molar-refractivity contribution in [3.63, 3.8) is 0 Å². The number of carboxylic acid groups (broad SMARTS) is 1. The van der Waals surface area contributed by atoms with Crippen molar-refractivity contribution in [3.8, 4) is 16.3 Å². The standard InChI is InChI=1S/C17H19NO4S.C2H6/c19-8-1-9-22-13-5-2-11(3-6-13)16-18-14-10-12(17(20)21)4-7-15(14)23-16;1-2/h2-3,5-6,12,19H,1,4,7-10H2,(H,20,21);1-2H3. The van der Waals surface area contributed by atoms with Crippen LogP contribution in [-0.2, 0) is 17.6 Å². The van der Waals surface area contributed by atoms with Gasteiger partial charge in [-0.2, -0.15) is 0 Å². The van der Waals surface area contributed by atoms with Crippen LogP contribution in [0.3, 0.4) is 0 Å². The summed E-state index contributed by atoms with van der Waals surface area (Å²) in [6.45, 7) is 4.62. The molecule has 0 fully saturated rings. The number of aliphatic hydroxyl groups is 1. The number of benzene rings is 1. The van der Waals surface area contributed by atoms with E-state index in [4.69, 9.17) is 14.9 Å². The van der Waals surface area contributed by atoms with Gasteiger partial charge >= 0.3 is 5.97 Å². The first-order valence-corrected chi connectivity index (χ1v) is 9.54. The summed E-state index contributed by atoms with van der Waals surface area (Å²) in [7, 11) is 0. The molecular weight excluding hydrogens is 338 g/mol. The Morgan fingerprint density at radius 2 is 2.04 bits per heavy atom. The lowest BCUT2D eigenvalue weighted by atomic mass is 9.91. The fourth-order valence-electron chi connectivity index (χ4n) is 2.66. The Labute approximate surface area is 152 Å². The van der Waals surface area contributed by atoms with Crippen molar-refractivity contribution in [2.75, 3.05) is 13.2 Å². The SMILES string of the molecule is CC.O=C(O)C1CCc2sc(-c3ccc(OCCCO)cc3)nc2C1. The summed E-state index contributed by atoms with van der Waals surface area (Å²) in [5, 5.41) is 18.8. The summed E-state index contributed by atoms with van der Waals surface area (Å²) < 4.78 is 5.52. The fourth-order valence-corrected chi connectivity index (χ4v) is 3.77. The first-order chi connectivity index (χ1) is 12.2. The van der Waals surface area contributed by atoms with Crippen LogP contribution in [0, 0.1) is 5.92 Å². The number of hydrogen-bond acceptors (Lipinski definition) is 5. The number of aliphatic hydroxyl groups excluding tert-OH is 1. The van der Waals surface area contributed by atoms with E-state index in [2.05, 4.69) is 4.98 Å². The predicted octanol–water partition coefficient (Wildman–Crippen LogP) is 3.79. The van der Waals surface area contributed by atoms with Crippen LogP contribution in [-0.4, -0.2) is 34.4 Å². The average molecular weight is 363 g/mol. The molecule has 1 aromatic carbocycles. The van der Waals surface area contributed by atoms with Gasteiger partial charge in [-0.05, 0) is 37.1 Å². The number of aromatic nitrogens is 1. The third kappa shape index (κ3) is 5.03. The topological polar surface area (TPSA) is 79.7 Å². The molecule has 1 atom stereocenters. The molecule has 5 nitrogen and oxygen atoms in total. The maximum atomic E-state index is 11.1. The molecule has 0 bridgehead atoms. The van der Waals surface area contributed by atoms with Gasteiger partial charge in [0.05, 0.1) is 18.2 Å². The molecule has 0 radical (unpaired) electrons. The zero-order chi connectivity index (χ0) is 18.2. The smallest absolute Gasteiger partial charge is 0.306 e. The molecule has 1 heterocycles. The molecule has 25 heavy (non-hydrogen) atoms. The van der Waals surface area contributed by atoms with Crippen LogP contribution in [0.2, 0.25) is 0 Å². The second kappa shape index (κ2) is 9.53. The molecule has 2 aromatic rings. The quantitative estimate of drug-likeness (QED) is 0.764. The van der Waals surface area contributed by atoms with E-state index in [1.807, 2.05) is 38.1 Å². The number of aryl methyl sites for hydroxylation is 1. The summed E-state index contributed by atoms with van der Waals surface area (Å²) in [6, 6.07) is 7.72. The second-order valence-corrected chi connectivity index (χ2v) is 6.70. The van der Waals surface area contributed by atoms with Gasteiger partial charge in [0.25, 0.3) is 0 Å². The van der Waals surface area contributed by atoms with E-state index < -0.39 is 5.97 Å². The highest BCUT2D eigenvalue weighted by molar-refractivity contribution is 7.15. The largest absolute Gasteiger partial charge is 0.494 e. The number of hydrogen-bond donors (Lipinski definition) is 2. The molecule has 0 amide bonds. The number of ether oxygens (including phenoxy) is 1. The molecule has 0 saturated heterocycles. The lowest BCUT2D eigenvalue weighted by molar-refractivity contribution is -0.142. The highest BCUT2D eigenvalue weighted by atomic mass is 32.1. The minimum Gasteiger partial charge on any atom is -0.494 e. The normalized spacial score (nSPS) is 15.7. The molecule has 3 rings (SSSR count). The average Bonchev–Trinajstić information content (AvgIpc) is 3.07. The van der Waals surface area contributed by atoms with Crippen LogP contribution < -0.4 is 4.74 Å². The number of carboxylic acids is 1. The van der Waals surface area contributed by atoms with E-state index in [9.17, 15) is 4.79 Å². The fraction of sp³-hybridized carbons (Fsp3) is 0.474. The first kappa shape index (κ1) is 19.4. The Morgan fingerprint density at radius 3 is 2.68 bits per heavy atom. The van der Waals surface area contributed by atoms with Gasteiger partial charge in [0.1, 0.15) is 10.8 Å². The number of fused-ring (bicyclic) bond motifs is 1. The van der Waals surface area contributed by atoms with Crippen molar-refractivity contribution in [2.24, 2.45) is 5.92 Å². The summed E-state index contributed by atoms with van der Waals surface area (Å²) in [4.78, 5) is 17.0. The summed E-state index contributed by atoms with van der Waals surface area (Å²) in [5.41, 5.74) is 1.96. The summed E-state index contributed by atoms with van der Waals surface area (Å²) in [6.07, 6.45) is 2.64. The maximum absolute atomic E-state index is 11.1. The highest BCUT2D eigenvalue weighted by Gasteiger charge is 2.27. The van der Waals surface area contributed by atoms with E-state index in [1.54, 1.807) is 11.3 Å². The molecule has 1 aromatic heterocycles. The van der Waals surface area contributed by atoms with Crippen molar-refractivity contribution in [3.05, 3.63) is 34.8 Å². The molecule has 0 aliphatic heterocycles. The van der Waals surface area contributed by atoms with E-state index in [-0.39, 0.29) is 12.5 Å². The Balaban J connectivity index is 0.00000109. The minimum atomic E-state index is -0.727. The minimum absolute atomic E-state index is 0.125. The van der Waals surface area contributed by atoms with Gasteiger partial charge in [-0.3, -0.25) is 4.79 Å². The van der Waals surface area contributed by atoms with Crippen molar-refractivity contribution >= 4 is 17.3 Å². The molecule has 2 N–H and O–H groups in total. The molecule has 1 aliphatic rings. The predicted molar refractivity (Wildman–Crippen MR) is 99.2 cm³/mol. The van der Waals surface area contributed by atoms with Crippen molar-refractivity contribution < 1.29 is 19.7 Å². The molecule has 1 aliphatic carbocycles. The Hall–Kier alpha value is -1.92. The Morgan fingerprint density at radius 1 is 1.32 bits per heavy atom. The Bertz CT molecular complexity index is 681. The van der Waals surface area contributed by atoms with E-state index >= 15 is 0 Å². The third-order valence-electron chi connectivity index (χ3n) is 3.96. The molecule has 136 valence electrons. The van der Waals surface area contributed by atoms with E-state index in [1.165, 1.54) is 4.88 Å². The molecule has 0 spiro atoms. The number of nitrogens with zero attached hydrogens (tertiary/aromatic N) is 1. The summed E-state index contributed by atoms with van der Waals surface area (Å²) >= 11 is 1.65. The van der Waals surface area contributed by atoms with Crippen LogP contribution in [0.15, 0.2) is 24.3 Å². The highest BCUT2D eigenvalue weighted by Crippen LogP contribution is 2.35. The van der Waals surface area contributed by atoms with Crippen LogP contribution in [0.1, 0.15) is 37.3 Å². The summed E-state index contributed by atoms with van der Waals surface area (Å²) in [5.74, 6) is -0.260. The zero-order valence-electron chi connectivity index (χ0n) is 14.7. The second-order valence-electron chi connectivity index (χ2n) is 5.62. The van der Waals surface area contributed by atoms with Crippen molar-refractivity contribution in [1.82, 2.24) is 4.98 Å². The molecule has 1 unspecified atom stereocenters. The lowest BCUT2D eigenvalue weighted by Gasteiger charge is -2.16. The Kier molecular flexibility index (Phi) is 7.40. The van der Waals surface area contributed by atoms with Crippen LogP contribution in [0.4, 0.5) is 0 Å². The van der Waals surface area contributed by atoms with Crippen molar-refractivity contribution in [2.45, 2.75) is 39.5 Å². The van der Waals surface area contributed by atoms with E-state index in [0.717, 1.165) is 28.4 Å². The number of aliphatic carboxylic acids is 1. The van der Waals surface area contributed by atoms with Gasteiger partial charge in [-0.25, -0.2) is 4.98 Å². The maximum Gasteiger partial charge on any atom is 0.306 e. The van der Waals surface area contributed by atoms with Gasteiger partial charge in [-0.1, -0.05) is 13.8 Å².